The molecule has 1 N–H and O–H groups in total. The first-order chi connectivity index (χ1) is 6.46. The Morgan fingerprint density at radius 2 is 2.29 bits per heavy atom. The molecule has 0 bridgehead atoms. The van der Waals surface area contributed by atoms with Crippen molar-refractivity contribution in [1.29, 1.82) is 0 Å². The van der Waals surface area contributed by atoms with Gasteiger partial charge < -0.3 is 4.57 Å². The van der Waals surface area contributed by atoms with Gasteiger partial charge in [-0.25, -0.2) is 0 Å². The summed E-state index contributed by atoms with van der Waals surface area (Å²) in [6.45, 7) is 2.54. The van der Waals surface area contributed by atoms with Gasteiger partial charge in [-0.3, -0.25) is 4.55 Å². The molecule has 0 aromatic carbocycles. The fraction of sp³-hybridized carbons (Fsp3) is 0.571. The Bertz CT molecular complexity index is 457. The van der Waals surface area contributed by atoms with Crippen LogP contribution in [0.1, 0.15) is 19.8 Å². The standard InChI is InChI=1S/C7H11NO3S3/c1-2-3-4-8-6(14(9,10)11)5-13-7(8)12/h5H,2-4H2,1H3,(H,9,10,11). The number of rotatable bonds is 4. The molecular formula is C7H11NO3S3. The molecule has 0 saturated heterocycles. The lowest BCUT2D eigenvalue weighted by atomic mass is 10.3. The fourth-order valence-electron chi connectivity index (χ4n) is 1.04. The maximum absolute atomic E-state index is 10.9. The third-order valence-electron chi connectivity index (χ3n) is 1.75. The number of aromatic nitrogens is 1. The first kappa shape index (κ1) is 11.8. The third kappa shape index (κ3) is 2.63. The average Bonchev–Trinajstić information content (AvgIpc) is 2.42. The first-order valence-corrected chi connectivity index (χ1v) is 6.85. The molecule has 0 atom stereocenters. The van der Waals surface area contributed by atoms with Crippen LogP contribution in [0.5, 0.6) is 0 Å². The van der Waals surface area contributed by atoms with Crippen LogP contribution in [-0.4, -0.2) is 17.5 Å². The summed E-state index contributed by atoms with van der Waals surface area (Å²) in [5.41, 5.74) is 0. The molecule has 1 aromatic rings. The van der Waals surface area contributed by atoms with E-state index in [1.807, 2.05) is 6.92 Å². The van der Waals surface area contributed by atoms with Crippen LogP contribution in [0.15, 0.2) is 10.4 Å². The Labute approximate surface area is 91.9 Å². The second-order valence-electron chi connectivity index (χ2n) is 2.82. The molecule has 0 aliphatic heterocycles. The molecule has 0 amide bonds. The van der Waals surface area contributed by atoms with Gasteiger partial charge >= 0.3 is 10.1 Å². The van der Waals surface area contributed by atoms with E-state index in [1.54, 1.807) is 0 Å². The summed E-state index contributed by atoms with van der Waals surface area (Å²) in [5.74, 6) is 0. The van der Waals surface area contributed by atoms with Crippen molar-refractivity contribution < 1.29 is 13.0 Å². The van der Waals surface area contributed by atoms with Crippen molar-refractivity contribution in [2.45, 2.75) is 31.3 Å². The average molecular weight is 253 g/mol. The van der Waals surface area contributed by atoms with Gasteiger partial charge in [0, 0.05) is 11.9 Å². The lowest BCUT2D eigenvalue weighted by molar-refractivity contribution is 0.465. The predicted molar refractivity (Wildman–Crippen MR) is 57.9 cm³/mol. The number of hydrogen-bond donors (Lipinski definition) is 1. The van der Waals surface area contributed by atoms with Crippen LogP contribution in [-0.2, 0) is 16.7 Å². The van der Waals surface area contributed by atoms with Crippen molar-refractivity contribution in [1.82, 2.24) is 4.57 Å². The van der Waals surface area contributed by atoms with E-state index in [0.29, 0.717) is 10.5 Å². The predicted octanol–water partition coefficient (Wildman–Crippen LogP) is 2.33. The molecule has 7 heteroatoms. The van der Waals surface area contributed by atoms with Crippen LogP contribution in [0.3, 0.4) is 0 Å². The smallest absolute Gasteiger partial charge is 0.311 e. The topological polar surface area (TPSA) is 59.3 Å². The summed E-state index contributed by atoms with van der Waals surface area (Å²) in [5, 5.41) is 1.27. The Balaban J connectivity index is 3.14. The van der Waals surface area contributed by atoms with E-state index in [-0.39, 0.29) is 5.03 Å². The molecule has 1 rings (SSSR count). The summed E-state index contributed by atoms with van der Waals surface area (Å²) >= 11 is 6.11. The van der Waals surface area contributed by atoms with E-state index >= 15 is 0 Å². The van der Waals surface area contributed by atoms with Gasteiger partial charge in [-0.1, -0.05) is 13.3 Å². The van der Waals surface area contributed by atoms with Crippen LogP contribution >= 0.6 is 23.6 Å². The summed E-state index contributed by atoms with van der Waals surface area (Å²) in [6.07, 6.45) is 1.79. The zero-order valence-corrected chi connectivity index (χ0v) is 10.1. The van der Waals surface area contributed by atoms with E-state index in [4.69, 9.17) is 16.8 Å². The van der Waals surface area contributed by atoms with Gasteiger partial charge in [0.15, 0.2) is 8.98 Å². The van der Waals surface area contributed by atoms with Crippen molar-refractivity contribution in [2.75, 3.05) is 0 Å². The Morgan fingerprint density at radius 3 is 2.79 bits per heavy atom. The van der Waals surface area contributed by atoms with Gasteiger partial charge in [-0.05, 0) is 18.6 Å². The molecule has 14 heavy (non-hydrogen) atoms. The lowest BCUT2D eigenvalue weighted by Gasteiger charge is -2.04. The third-order valence-corrected chi connectivity index (χ3v) is 4.03. The van der Waals surface area contributed by atoms with Crippen molar-refractivity contribution in [3.8, 4) is 0 Å². The fourth-order valence-corrected chi connectivity index (χ4v) is 3.22. The molecular weight excluding hydrogens is 242 g/mol. The van der Waals surface area contributed by atoms with Crippen molar-refractivity contribution >= 4 is 33.7 Å². The van der Waals surface area contributed by atoms with Gasteiger partial charge in [0.2, 0.25) is 0 Å². The van der Waals surface area contributed by atoms with Crippen LogP contribution in [0, 0.1) is 3.95 Å². The quantitative estimate of drug-likeness (QED) is 0.661. The van der Waals surface area contributed by atoms with Gasteiger partial charge in [0.1, 0.15) is 0 Å². The minimum absolute atomic E-state index is 0.0963. The molecule has 0 aliphatic rings. The molecule has 1 heterocycles. The van der Waals surface area contributed by atoms with E-state index in [9.17, 15) is 8.42 Å². The highest BCUT2D eigenvalue weighted by atomic mass is 32.2. The van der Waals surface area contributed by atoms with Gasteiger partial charge in [0.05, 0.1) is 0 Å². The molecule has 0 aliphatic carbocycles. The Hall–Kier alpha value is -0.240. The normalized spacial score (nSPS) is 11.9. The maximum atomic E-state index is 10.9. The Kier molecular flexibility index (Phi) is 3.82. The molecule has 0 unspecified atom stereocenters. The molecule has 80 valence electrons. The zero-order chi connectivity index (χ0) is 10.8. The van der Waals surface area contributed by atoms with Crippen molar-refractivity contribution in [3.05, 3.63) is 9.33 Å². The minimum atomic E-state index is -4.14. The maximum Gasteiger partial charge on any atom is 0.311 e. The number of hydrogen-bond acceptors (Lipinski definition) is 4. The minimum Gasteiger partial charge on any atom is -0.312 e. The summed E-state index contributed by atoms with van der Waals surface area (Å²) in [4.78, 5) is 0. The van der Waals surface area contributed by atoms with Crippen LogP contribution in [0.2, 0.25) is 0 Å². The molecule has 0 fully saturated rings. The second-order valence-corrected chi connectivity index (χ2v) is 5.69. The SMILES string of the molecule is CCCCn1c(S(=O)(=O)O)csc1=S. The highest BCUT2D eigenvalue weighted by Crippen LogP contribution is 2.17. The summed E-state index contributed by atoms with van der Waals surface area (Å²) < 4.78 is 32.7. The van der Waals surface area contributed by atoms with Crippen LogP contribution in [0.25, 0.3) is 0 Å². The number of unbranched alkanes of at least 4 members (excludes halogenated alkanes) is 1. The zero-order valence-electron chi connectivity index (χ0n) is 7.63. The molecule has 1 aromatic heterocycles. The second kappa shape index (κ2) is 4.52. The van der Waals surface area contributed by atoms with Crippen molar-refractivity contribution in [3.63, 3.8) is 0 Å². The van der Waals surface area contributed by atoms with E-state index < -0.39 is 10.1 Å². The first-order valence-electron chi connectivity index (χ1n) is 4.12. The van der Waals surface area contributed by atoms with E-state index in [2.05, 4.69) is 0 Å². The van der Waals surface area contributed by atoms with Gasteiger partial charge in [-0.2, -0.15) is 8.42 Å². The Morgan fingerprint density at radius 1 is 1.64 bits per heavy atom. The monoisotopic (exact) mass is 253 g/mol. The van der Waals surface area contributed by atoms with E-state index in [1.165, 1.54) is 9.95 Å². The molecule has 4 nitrogen and oxygen atoms in total. The number of thiazole rings is 1. The van der Waals surface area contributed by atoms with Gasteiger partial charge in [0.25, 0.3) is 0 Å². The molecule has 0 spiro atoms. The number of nitrogens with zero attached hydrogens (tertiary/aromatic N) is 1. The van der Waals surface area contributed by atoms with Crippen molar-refractivity contribution in [2.24, 2.45) is 0 Å². The molecule has 0 saturated carbocycles. The van der Waals surface area contributed by atoms with Crippen LogP contribution < -0.4 is 0 Å². The molecule has 0 radical (unpaired) electrons. The highest BCUT2D eigenvalue weighted by molar-refractivity contribution is 7.86. The van der Waals surface area contributed by atoms with Gasteiger partial charge in [-0.15, -0.1) is 11.3 Å². The van der Waals surface area contributed by atoms with Crippen LogP contribution in [0.4, 0.5) is 0 Å². The largest absolute Gasteiger partial charge is 0.312 e. The lowest BCUT2D eigenvalue weighted by Crippen LogP contribution is -2.08. The summed E-state index contributed by atoms with van der Waals surface area (Å²) in [7, 11) is -4.14. The van der Waals surface area contributed by atoms with E-state index in [0.717, 1.165) is 24.2 Å². The highest BCUT2D eigenvalue weighted by Gasteiger charge is 2.16. The summed E-state index contributed by atoms with van der Waals surface area (Å²) in [6, 6.07) is 0.